The van der Waals surface area contributed by atoms with Gasteiger partial charge in [-0.25, -0.2) is 13.6 Å². The molecule has 0 unspecified atom stereocenters. The number of amides is 2. The molecule has 0 saturated carbocycles. The molecule has 1 aromatic heterocycles. The highest BCUT2D eigenvalue weighted by Crippen LogP contribution is 2.23. The molecule has 1 heterocycles. The number of nitrogens with zero attached hydrogens (tertiary/aromatic N) is 1. The van der Waals surface area contributed by atoms with E-state index in [1.807, 2.05) is 0 Å². The first kappa shape index (κ1) is 14.4. The largest absolute Gasteiger partial charge is 0.334 e. The summed E-state index contributed by atoms with van der Waals surface area (Å²) < 4.78 is 26.6. The molecule has 2 rings (SSSR count). The molecule has 2 aromatic rings. The molecule has 1 aromatic carbocycles. The highest BCUT2D eigenvalue weighted by molar-refractivity contribution is 9.10. The maximum absolute atomic E-state index is 13.4. The van der Waals surface area contributed by atoms with Gasteiger partial charge in [0.15, 0.2) is 0 Å². The summed E-state index contributed by atoms with van der Waals surface area (Å²) in [4.78, 5) is 15.5. The third-order valence-corrected chi connectivity index (χ3v) is 3.07. The van der Waals surface area contributed by atoms with Crippen molar-refractivity contribution in [3.63, 3.8) is 0 Å². The van der Waals surface area contributed by atoms with Crippen molar-refractivity contribution in [2.24, 2.45) is 0 Å². The lowest BCUT2D eigenvalue weighted by Crippen LogP contribution is -2.28. The van der Waals surface area contributed by atoms with Crippen LogP contribution in [0.5, 0.6) is 0 Å². The number of pyridine rings is 1. The van der Waals surface area contributed by atoms with Crippen molar-refractivity contribution in [2.75, 3.05) is 5.32 Å². The number of carbonyl (C=O) groups excluding carboxylic acids is 1. The number of anilines is 1. The Kier molecular flexibility index (Phi) is 4.62. The molecule has 0 saturated heterocycles. The first-order valence-corrected chi connectivity index (χ1v) is 6.44. The second kappa shape index (κ2) is 6.42. The number of aromatic nitrogens is 1. The van der Waals surface area contributed by atoms with E-state index < -0.39 is 17.7 Å². The summed E-state index contributed by atoms with van der Waals surface area (Å²) in [7, 11) is 0. The molecule has 0 spiro atoms. The molecular formula is C13H10BrF2N3O. The Morgan fingerprint density at radius 2 is 1.90 bits per heavy atom. The summed E-state index contributed by atoms with van der Waals surface area (Å²) in [5.41, 5.74) is 0.751. The number of benzene rings is 1. The zero-order valence-corrected chi connectivity index (χ0v) is 11.7. The number of hydrogen-bond donors (Lipinski definition) is 2. The second-order valence-electron chi connectivity index (χ2n) is 3.91. The van der Waals surface area contributed by atoms with Crippen LogP contribution in [0.25, 0.3) is 0 Å². The lowest BCUT2D eigenvalue weighted by molar-refractivity contribution is 0.251. The van der Waals surface area contributed by atoms with Crippen LogP contribution in [0.1, 0.15) is 5.56 Å². The van der Waals surface area contributed by atoms with Gasteiger partial charge in [0.1, 0.15) is 11.6 Å². The summed E-state index contributed by atoms with van der Waals surface area (Å²) in [6.07, 6.45) is 3.21. The van der Waals surface area contributed by atoms with E-state index in [2.05, 4.69) is 31.5 Å². The Balaban J connectivity index is 1.97. The fourth-order valence-corrected chi connectivity index (χ4v) is 1.81. The van der Waals surface area contributed by atoms with Crippen molar-refractivity contribution in [3.8, 4) is 0 Å². The molecule has 20 heavy (non-hydrogen) atoms. The zero-order chi connectivity index (χ0) is 14.5. The van der Waals surface area contributed by atoms with Crippen LogP contribution in [-0.2, 0) is 6.54 Å². The topological polar surface area (TPSA) is 54.0 Å². The quantitative estimate of drug-likeness (QED) is 0.840. The van der Waals surface area contributed by atoms with Gasteiger partial charge in [-0.15, -0.1) is 0 Å². The average molecular weight is 342 g/mol. The predicted octanol–water partition coefficient (Wildman–Crippen LogP) is 3.44. The molecule has 0 aliphatic heterocycles. The Hall–Kier alpha value is -2.02. The minimum absolute atomic E-state index is 0.0725. The monoisotopic (exact) mass is 341 g/mol. The summed E-state index contributed by atoms with van der Waals surface area (Å²) in [5.74, 6) is -1.57. The number of carbonyl (C=O) groups is 1. The van der Waals surface area contributed by atoms with E-state index >= 15 is 0 Å². The number of hydrogen-bond acceptors (Lipinski definition) is 2. The number of halogens is 3. The van der Waals surface area contributed by atoms with Gasteiger partial charge in [-0.05, 0) is 39.7 Å². The maximum Gasteiger partial charge on any atom is 0.319 e. The lowest BCUT2D eigenvalue weighted by Gasteiger charge is -2.09. The molecular weight excluding hydrogens is 332 g/mol. The highest BCUT2D eigenvalue weighted by atomic mass is 79.9. The molecule has 0 aliphatic rings. The second-order valence-corrected chi connectivity index (χ2v) is 4.76. The average Bonchev–Trinajstić information content (AvgIpc) is 2.44. The Bertz CT molecular complexity index is 623. The van der Waals surface area contributed by atoms with Gasteiger partial charge in [-0.3, -0.25) is 4.98 Å². The third kappa shape index (κ3) is 3.74. The van der Waals surface area contributed by atoms with Gasteiger partial charge in [-0.1, -0.05) is 0 Å². The summed E-state index contributed by atoms with van der Waals surface area (Å²) in [6, 6.07) is 4.77. The van der Waals surface area contributed by atoms with E-state index in [4.69, 9.17) is 0 Å². The van der Waals surface area contributed by atoms with Crippen molar-refractivity contribution in [1.29, 1.82) is 0 Å². The number of urea groups is 1. The van der Waals surface area contributed by atoms with Crippen LogP contribution in [0.3, 0.4) is 0 Å². The van der Waals surface area contributed by atoms with Gasteiger partial charge >= 0.3 is 6.03 Å². The van der Waals surface area contributed by atoms with Crippen LogP contribution in [0, 0.1) is 11.6 Å². The Labute approximate surface area is 122 Å². The van der Waals surface area contributed by atoms with Crippen LogP contribution in [0.2, 0.25) is 0 Å². The molecule has 0 aliphatic carbocycles. The van der Waals surface area contributed by atoms with Crippen LogP contribution >= 0.6 is 15.9 Å². The fourth-order valence-electron chi connectivity index (χ4n) is 1.47. The summed E-state index contributed by atoms with van der Waals surface area (Å²) in [5, 5.41) is 4.87. The molecule has 7 heteroatoms. The van der Waals surface area contributed by atoms with Gasteiger partial charge in [0.05, 0.1) is 10.2 Å². The van der Waals surface area contributed by atoms with Gasteiger partial charge in [-0.2, -0.15) is 0 Å². The predicted molar refractivity (Wildman–Crippen MR) is 74.2 cm³/mol. The van der Waals surface area contributed by atoms with Crippen LogP contribution in [0.4, 0.5) is 19.3 Å². The summed E-state index contributed by atoms with van der Waals surface area (Å²) >= 11 is 2.93. The SMILES string of the molecule is O=C(NCc1ccncc1)Nc1cc(Br)c(F)cc1F. The highest BCUT2D eigenvalue weighted by Gasteiger charge is 2.10. The smallest absolute Gasteiger partial charge is 0.319 e. The van der Waals surface area contributed by atoms with Gasteiger partial charge < -0.3 is 10.6 Å². The van der Waals surface area contributed by atoms with E-state index in [0.717, 1.165) is 11.6 Å². The first-order valence-electron chi connectivity index (χ1n) is 5.64. The Morgan fingerprint density at radius 3 is 2.60 bits per heavy atom. The molecule has 4 nitrogen and oxygen atoms in total. The molecule has 0 atom stereocenters. The number of nitrogens with one attached hydrogen (secondary N) is 2. The van der Waals surface area contributed by atoms with Crippen molar-refractivity contribution in [2.45, 2.75) is 6.54 Å². The van der Waals surface area contributed by atoms with E-state index in [9.17, 15) is 13.6 Å². The van der Waals surface area contributed by atoms with Crippen molar-refractivity contribution in [3.05, 3.63) is 58.3 Å². The van der Waals surface area contributed by atoms with Crippen molar-refractivity contribution in [1.82, 2.24) is 10.3 Å². The molecule has 0 bridgehead atoms. The van der Waals surface area contributed by atoms with Crippen molar-refractivity contribution < 1.29 is 13.6 Å². The van der Waals surface area contributed by atoms with E-state index in [-0.39, 0.29) is 16.7 Å². The molecule has 0 radical (unpaired) electrons. The Morgan fingerprint density at radius 1 is 1.20 bits per heavy atom. The zero-order valence-electron chi connectivity index (χ0n) is 10.2. The van der Waals surface area contributed by atoms with Gasteiger partial charge in [0.2, 0.25) is 0 Å². The lowest BCUT2D eigenvalue weighted by atomic mass is 10.3. The third-order valence-electron chi connectivity index (χ3n) is 2.46. The van der Waals surface area contributed by atoms with Crippen LogP contribution < -0.4 is 10.6 Å². The van der Waals surface area contributed by atoms with E-state index in [1.54, 1.807) is 24.5 Å². The van der Waals surface area contributed by atoms with Crippen LogP contribution in [-0.4, -0.2) is 11.0 Å². The van der Waals surface area contributed by atoms with Crippen LogP contribution in [0.15, 0.2) is 41.1 Å². The molecule has 2 N–H and O–H groups in total. The maximum atomic E-state index is 13.4. The molecule has 0 fully saturated rings. The van der Waals surface area contributed by atoms with E-state index in [1.165, 1.54) is 0 Å². The summed E-state index contributed by atoms with van der Waals surface area (Å²) in [6.45, 7) is 0.276. The minimum Gasteiger partial charge on any atom is -0.334 e. The molecule has 2 amide bonds. The normalized spacial score (nSPS) is 10.2. The fraction of sp³-hybridized carbons (Fsp3) is 0.0769. The van der Waals surface area contributed by atoms with Gasteiger partial charge in [0.25, 0.3) is 0 Å². The first-order chi connectivity index (χ1) is 9.56. The van der Waals surface area contributed by atoms with Gasteiger partial charge in [0, 0.05) is 25.0 Å². The minimum atomic E-state index is -0.843. The number of rotatable bonds is 3. The van der Waals surface area contributed by atoms with Crippen molar-refractivity contribution >= 4 is 27.6 Å². The molecule has 104 valence electrons. The van der Waals surface area contributed by atoms with E-state index in [0.29, 0.717) is 6.07 Å². The standard InChI is InChI=1S/C13H10BrF2N3O/c14-9-5-12(11(16)6-10(9)15)19-13(20)18-7-8-1-3-17-4-2-8/h1-6H,7H2,(H2,18,19,20).